The molecule has 1 unspecified atom stereocenters. The van der Waals surface area contributed by atoms with Crippen molar-refractivity contribution >= 4 is 35.9 Å². The zero-order chi connectivity index (χ0) is 17.3. The summed E-state index contributed by atoms with van der Waals surface area (Å²) < 4.78 is 5.26. The van der Waals surface area contributed by atoms with Gasteiger partial charge in [-0.2, -0.15) is 0 Å². The highest BCUT2D eigenvalue weighted by Crippen LogP contribution is 2.15. The smallest absolute Gasteiger partial charge is 0.325 e. The van der Waals surface area contributed by atoms with Gasteiger partial charge in [0.1, 0.15) is 12.1 Å². The van der Waals surface area contributed by atoms with Crippen LogP contribution < -0.4 is 10.6 Å². The number of carbonyl (C=O) groups is 1. The topological polar surface area (TPSA) is 66.0 Å². The monoisotopic (exact) mass is 454 g/mol. The molecule has 0 saturated carbocycles. The molecule has 0 aromatic heterocycles. The number of hydrogen-bond acceptors (Lipinski definition) is 4. The first-order valence-corrected chi connectivity index (χ1v) is 8.72. The minimum atomic E-state index is -0.457. The van der Waals surface area contributed by atoms with Gasteiger partial charge in [-0.25, -0.2) is 0 Å². The fourth-order valence-electron chi connectivity index (χ4n) is 2.73. The van der Waals surface area contributed by atoms with E-state index in [1.165, 1.54) is 25.8 Å². The van der Waals surface area contributed by atoms with Gasteiger partial charge < -0.3 is 20.3 Å². The summed E-state index contributed by atoms with van der Waals surface area (Å²) >= 11 is 0. The summed E-state index contributed by atoms with van der Waals surface area (Å²) in [7, 11) is 1.71. The zero-order valence-electron chi connectivity index (χ0n) is 15.9. The van der Waals surface area contributed by atoms with Crippen LogP contribution in [0, 0.1) is 0 Å². The molecule has 0 bridgehead atoms. The maximum Gasteiger partial charge on any atom is 0.325 e. The standard InChI is InChI=1S/C17H34N4O2.HI/c1-14-9-6-7-11-21(14)12-8-10-19-16(18-5)20-13-15(22)23-17(2,3)4;/h14H,6-13H2,1-5H3,(H2,18,19,20);1H. The Morgan fingerprint density at radius 2 is 2.00 bits per heavy atom. The number of nitrogens with zero attached hydrogens (tertiary/aromatic N) is 2. The van der Waals surface area contributed by atoms with E-state index in [2.05, 4.69) is 27.4 Å². The molecule has 1 atom stereocenters. The number of hydrogen-bond donors (Lipinski definition) is 2. The first-order valence-electron chi connectivity index (χ1n) is 8.72. The summed E-state index contributed by atoms with van der Waals surface area (Å²) in [5.74, 6) is 0.366. The van der Waals surface area contributed by atoms with Crippen LogP contribution >= 0.6 is 24.0 Å². The minimum Gasteiger partial charge on any atom is -0.459 e. The fraction of sp³-hybridized carbons (Fsp3) is 0.882. The van der Waals surface area contributed by atoms with E-state index in [0.717, 1.165) is 19.5 Å². The lowest BCUT2D eigenvalue weighted by molar-refractivity contribution is -0.153. The highest BCUT2D eigenvalue weighted by Gasteiger charge is 2.18. The van der Waals surface area contributed by atoms with E-state index in [-0.39, 0.29) is 36.5 Å². The van der Waals surface area contributed by atoms with E-state index in [1.807, 2.05) is 20.8 Å². The van der Waals surface area contributed by atoms with Crippen LogP contribution in [-0.4, -0.2) is 61.7 Å². The summed E-state index contributed by atoms with van der Waals surface area (Å²) in [4.78, 5) is 18.4. The van der Waals surface area contributed by atoms with Gasteiger partial charge in [0.05, 0.1) is 0 Å². The lowest BCUT2D eigenvalue weighted by atomic mass is 10.0. The molecule has 0 amide bonds. The van der Waals surface area contributed by atoms with Crippen molar-refractivity contribution in [3.05, 3.63) is 0 Å². The zero-order valence-corrected chi connectivity index (χ0v) is 18.2. The number of likely N-dealkylation sites (tertiary alicyclic amines) is 1. The second-order valence-corrected chi connectivity index (χ2v) is 7.17. The summed E-state index contributed by atoms with van der Waals surface area (Å²) in [5.41, 5.74) is -0.457. The molecule has 1 saturated heterocycles. The number of carbonyl (C=O) groups excluding carboxylic acids is 1. The molecule has 1 rings (SSSR count). The quantitative estimate of drug-likeness (QED) is 0.212. The number of guanidine groups is 1. The number of aliphatic imine (C=N–C) groups is 1. The number of rotatable bonds is 6. The molecule has 0 radical (unpaired) electrons. The van der Waals surface area contributed by atoms with E-state index < -0.39 is 5.60 Å². The lowest BCUT2D eigenvalue weighted by Crippen LogP contribution is -2.43. The Labute approximate surface area is 164 Å². The Kier molecular flexibility index (Phi) is 11.6. The third-order valence-electron chi connectivity index (χ3n) is 3.90. The first-order chi connectivity index (χ1) is 10.8. The summed E-state index contributed by atoms with van der Waals surface area (Å²) in [6, 6.07) is 0.702. The Morgan fingerprint density at radius 3 is 2.58 bits per heavy atom. The van der Waals surface area contributed by atoms with Crippen LogP contribution in [0.2, 0.25) is 0 Å². The van der Waals surface area contributed by atoms with Crippen LogP contribution in [0.15, 0.2) is 4.99 Å². The molecule has 1 heterocycles. The van der Waals surface area contributed by atoms with Crippen molar-refractivity contribution in [1.29, 1.82) is 0 Å². The molecule has 0 aliphatic carbocycles. The third-order valence-corrected chi connectivity index (χ3v) is 3.90. The van der Waals surface area contributed by atoms with Crippen LogP contribution in [0.1, 0.15) is 53.4 Å². The Bertz CT molecular complexity index is 397. The van der Waals surface area contributed by atoms with E-state index in [0.29, 0.717) is 12.0 Å². The molecule has 142 valence electrons. The van der Waals surface area contributed by atoms with Gasteiger partial charge in [0, 0.05) is 26.2 Å². The van der Waals surface area contributed by atoms with Crippen molar-refractivity contribution in [3.8, 4) is 0 Å². The van der Waals surface area contributed by atoms with Crippen molar-refractivity contribution < 1.29 is 9.53 Å². The highest BCUT2D eigenvalue weighted by atomic mass is 127. The highest BCUT2D eigenvalue weighted by molar-refractivity contribution is 14.0. The molecule has 0 spiro atoms. The van der Waals surface area contributed by atoms with E-state index in [9.17, 15) is 4.79 Å². The van der Waals surface area contributed by atoms with Crippen LogP contribution in [0.25, 0.3) is 0 Å². The Balaban J connectivity index is 0.00000529. The first kappa shape index (κ1) is 23.4. The molecule has 1 aliphatic heterocycles. The van der Waals surface area contributed by atoms with Gasteiger partial charge in [-0.3, -0.25) is 9.79 Å². The molecule has 1 fully saturated rings. The molecule has 6 nitrogen and oxygen atoms in total. The molecular weight excluding hydrogens is 419 g/mol. The van der Waals surface area contributed by atoms with Gasteiger partial charge >= 0.3 is 5.97 Å². The molecule has 7 heteroatoms. The van der Waals surface area contributed by atoms with Crippen molar-refractivity contribution in [3.63, 3.8) is 0 Å². The molecule has 1 aliphatic rings. The van der Waals surface area contributed by atoms with E-state index in [4.69, 9.17) is 4.74 Å². The van der Waals surface area contributed by atoms with E-state index >= 15 is 0 Å². The number of halogens is 1. The number of esters is 1. The minimum absolute atomic E-state index is 0. The van der Waals surface area contributed by atoms with Crippen LogP contribution in [-0.2, 0) is 9.53 Å². The maximum absolute atomic E-state index is 11.7. The van der Waals surface area contributed by atoms with Crippen molar-refractivity contribution in [2.45, 2.75) is 65.0 Å². The molecule has 24 heavy (non-hydrogen) atoms. The van der Waals surface area contributed by atoms with Crippen LogP contribution in [0.4, 0.5) is 0 Å². The Hall–Kier alpha value is -0.570. The number of piperidine rings is 1. The number of nitrogens with one attached hydrogen (secondary N) is 2. The van der Waals surface area contributed by atoms with Crippen LogP contribution in [0.5, 0.6) is 0 Å². The number of ether oxygens (including phenoxy) is 1. The van der Waals surface area contributed by atoms with Crippen molar-refractivity contribution in [2.75, 3.05) is 33.2 Å². The third kappa shape index (κ3) is 10.3. The predicted octanol–water partition coefficient (Wildman–Crippen LogP) is 2.38. The largest absolute Gasteiger partial charge is 0.459 e. The van der Waals surface area contributed by atoms with Gasteiger partial charge in [-0.05, 0) is 53.5 Å². The fourth-order valence-corrected chi connectivity index (χ4v) is 2.73. The van der Waals surface area contributed by atoms with Gasteiger partial charge in [0.25, 0.3) is 0 Å². The maximum atomic E-state index is 11.7. The van der Waals surface area contributed by atoms with Crippen LogP contribution in [0.3, 0.4) is 0 Å². The van der Waals surface area contributed by atoms with Crippen molar-refractivity contribution in [2.24, 2.45) is 4.99 Å². The molecule has 2 N–H and O–H groups in total. The van der Waals surface area contributed by atoms with Gasteiger partial charge in [0.2, 0.25) is 0 Å². The second kappa shape index (κ2) is 11.9. The molecule has 0 aromatic carbocycles. The normalized spacial score (nSPS) is 19.4. The van der Waals surface area contributed by atoms with Gasteiger partial charge in [-0.1, -0.05) is 6.42 Å². The van der Waals surface area contributed by atoms with Gasteiger partial charge in [0.15, 0.2) is 5.96 Å². The van der Waals surface area contributed by atoms with Gasteiger partial charge in [-0.15, -0.1) is 24.0 Å². The summed E-state index contributed by atoms with van der Waals surface area (Å²) in [6.07, 6.45) is 5.05. The average Bonchev–Trinajstić information content (AvgIpc) is 2.46. The van der Waals surface area contributed by atoms with Crippen molar-refractivity contribution in [1.82, 2.24) is 15.5 Å². The average molecular weight is 454 g/mol. The SMILES string of the molecule is CN=C(NCCCN1CCCCC1C)NCC(=O)OC(C)(C)C.I. The Morgan fingerprint density at radius 1 is 1.29 bits per heavy atom. The molecule has 0 aromatic rings. The second-order valence-electron chi connectivity index (χ2n) is 7.17. The molecular formula is C17H35IN4O2. The summed E-state index contributed by atoms with van der Waals surface area (Å²) in [5, 5.41) is 6.24. The summed E-state index contributed by atoms with van der Waals surface area (Å²) in [6.45, 7) is 11.2. The van der Waals surface area contributed by atoms with E-state index in [1.54, 1.807) is 7.05 Å². The lowest BCUT2D eigenvalue weighted by Gasteiger charge is -2.33. The predicted molar refractivity (Wildman–Crippen MR) is 110 cm³/mol.